The van der Waals surface area contributed by atoms with Crippen LogP contribution in [0, 0.1) is 0 Å². The average Bonchev–Trinajstić information content (AvgIpc) is 3.26. The van der Waals surface area contributed by atoms with Gasteiger partial charge in [-0.05, 0) is 38.1 Å². The monoisotopic (exact) mass is 437 g/mol. The first-order valence-electron chi connectivity index (χ1n) is 8.67. The highest BCUT2D eigenvalue weighted by Gasteiger charge is 2.17. The number of nitrogens with two attached hydrogens (primary N) is 1. The number of primary sulfonamides is 1. The molecule has 0 bridgehead atoms. The molecular weight excluding hydrogens is 418 g/mol. The number of carbonyl (C=O) groups is 2. The molecule has 0 atom stereocenters. The Balaban J connectivity index is 2.17. The number of sulfonamides is 1. The lowest BCUT2D eigenvalue weighted by atomic mass is 10.3. The van der Waals surface area contributed by atoms with Crippen LogP contribution in [0.3, 0.4) is 0 Å². The highest BCUT2D eigenvalue weighted by Crippen LogP contribution is 2.21. The predicted octanol–water partition coefficient (Wildman–Crippen LogP) is 0.871. The van der Waals surface area contributed by atoms with Crippen LogP contribution in [0.5, 0.6) is 0 Å². The van der Waals surface area contributed by atoms with Crippen molar-refractivity contribution in [3.63, 3.8) is 0 Å². The molecule has 0 aliphatic rings. The van der Waals surface area contributed by atoms with E-state index in [4.69, 9.17) is 9.88 Å². The van der Waals surface area contributed by atoms with Crippen molar-refractivity contribution in [2.24, 2.45) is 10.1 Å². The molecule has 1 amide bonds. The summed E-state index contributed by atoms with van der Waals surface area (Å²) in [6.07, 6.45) is 1.50. The van der Waals surface area contributed by atoms with Gasteiger partial charge in [0.25, 0.3) is 5.91 Å². The van der Waals surface area contributed by atoms with E-state index in [0.29, 0.717) is 22.5 Å². The van der Waals surface area contributed by atoms with Crippen molar-refractivity contribution in [1.29, 1.82) is 0 Å². The fourth-order valence-electron chi connectivity index (χ4n) is 2.71. The second-order valence-electron chi connectivity index (χ2n) is 5.90. The van der Waals surface area contributed by atoms with Gasteiger partial charge in [0.05, 0.1) is 21.7 Å². The number of fused-ring (bicyclic) bond motifs is 1. The zero-order valence-electron chi connectivity index (χ0n) is 15.7. The predicted molar refractivity (Wildman–Crippen MR) is 106 cm³/mol. The molecule has 0 saturated carbocycles. The summed E-state index contributed by atoms with van der Waals surface area (Å²) in [7, 11) is -3.90. The molecule has 0 fully saturated rings. The number of amides is 1. The van der Waals surface area contributed by atoms with E-state index < -0.39 is 21.9 Å². The molecule has 2 aromatic heterocycles. The molecule has 0 aliphatic carbocycles. The maximum absolute atomic E-state index is 12.7. The molecule has 3 rings (SSSR count). The number of rotatable bonds is 6. The second kappa shape index (κ2) is 8.27. The molecule has 0 saturated heterocycles. The van der Waals surface area contributed by atoms with Gasteiger partial charge in [0.15, 0.2) is 4.80 Å². The van der Waals surface area contributed by atoms with E-state index in [1.54, 1.807) is 13.0 Å². The van der Waals surface area contributed by atoms with Crippen LogP contribution in [0.4, 0.5) is 0 Å². The lowest BCUT2D eigenvalue weighted by molar-refractivity contribution is -0.143. The van der Waals surface area contributed by atoms with Crippen LogP contribution in [-0.2, 0) is 32.6 Å². The molecule has 12 heteroatoms. The third-order valence-electron chi connectivity index (χ3n) is 4.01. The molecule has 0 aliphatic heterocycles. The molecule has 2 N–H and O–H groups in total. The van der Waals surface area contributed by atoms with Gasteiger partial charge in [-0.2, -0.15) is 10.1 Å². The van der Waals surface area contributed by atoms with E-state index >= 15 is 0 Å². The Morgan fingerprint density at radius 1 is 1.28 bits per heavy atom. The van der Waals surface area contributed by atoms with Crippen molar-refractivity contribution >= 4 is 43.5 Å². The molecule has 3 aromatic rings. The summed E-state index contributed by atoms with van der Waals surface area (Å²) < 4.78 is 31.8. The maximum Gasteiger partial charge on any atom is 0.326 e. The number of nitrogens with zero attached hydrogens (tertiary/aromatic N) is 4. The standard InChI is InChI=1S/C17H19N5O5S2/c1-3-22-13(7-8-19-22)16(24)20-17-21(10-15(23)27-4-2)12-6-5-11(29(18,25)26)9-14(12)28-17/h5-9H,3-4,10H2,1-2H3,(H2,18,25,26). The van der Waals surface area contributed by atoms with Crippen LogP contribution in [0.15, 0.2) is 40.4 Å². The summed E-state index contributed by atoms with van der Waals surface area (Å²) in [5, 5.41) is 9.25. The van der Waals surface area contributed by atoms with Gasteiger partial charge in [0.1, 0.15) is 12.2 Å². The second-order valence-corrected chi connectivity index (χ2v) is 8.47. The van der Waals surface area contributed by atoms with Crippen molar-refractivity contribution in [2.75, 3.05) is 6.61 Å². The normalized spacial score (nSPS) is 12.4. The largest absolute Gasteiger partial charge is 0.465 e. The van der Waals surface area contributed by atoms with Gasteiger partial charge in [0, 0.05) is 12.7 Å². The van der Waals surface area contributed by atoms with E-state index in [1.807, 2.05) is 6.92 Å². The number of thiazole rings is 1. The van der Waals surface area contributed by atoms with Gasteiger partial charge in [0.2, 0.25) is 10.0 Å². The number of aromatic nitrogens is 3. The molecule has 0 spiro atoms. The fourth-order valence-corrected chi connectivity index (χ4v) is 4.40. The molecule has 2 heterocycles. The van der Waals surface area contributed by atoms with Gasteiger partial charge >= 0.3 is 5.97 Å². The first-order chi connectivity index (χ1) is 13.7. The quantitative estimate of drug-likeness (QED) is 0.568. The zero-order chi connectivity index (χ0) is 21.2. The van der Waals surface area contributed by atoms with Gasteiger partial charge < -0.3 is 9.30 Å². The van der Waals surface area contributed by atoms with E-state index in [9.17, 15) is 18.0 Å². The topological polar surface area (TPSA) is 139 Å². The molecule has 10 nitrogen and oxygen atoms in total. The summed E-state index contributed by atoms with van der Waals surface area (Å²) in [4.78, 5) is 29.0. The van der Waals surface area contributed by atoms with Crippen molar-refractivity contribution in [3.05, 3.63) is 41.0 Å². The smallest absolute Gasteiger partial charge is 0.326 e. The summed E-state index contributed by atoms with van der Waals surface area (Å²) in [6.45, 7) is 4.06. The Labute approximate surface area is 170 Å². The van der Waals surface area contributed by atoms with Crippen molar-refractivity contribution in [3.8, 4) is 0 Å². The zero-order valence-corrected chi connectivity index (χ0v) is 17.4. The van der Waals surface area contributed by atoms with Gasteiger partial charge in [-0.1, -0.05) is 11.3 Å². The number of carbonyl (C=O) groups excluding carboxylic acids is 2. The number of esters is 1. The summed E-state index contributed by atoms with van der Waals surface area (Å²) >= 11 is 1.07. The summed E-state index contributed by atoms with van der Waals surface area (Å²) in [6, 6.07) is 5.79. The van der Waals surface area contributed by atoms with E-state index in [2.05, 4.69) is 10.1 Å². The molecule has 29 heavy (non-hydrogen) atoms. The average molecular weight is 438 g/mol. The summed E-state index contributed by atoms with van der Waals surface area (Å²) in [5.74, 6) is -1.03. The van der Waals surface area contributed by atoms with E-state index in [0.717, 1.165) is 11.3 Å². The van der Waals surface area contributed by atoms with Crippen molar-refractivity contribution < 1.29 is 22.7 Å². The number of ether oxygens (including phenoxy) is 1. The van der Waals surface area contributed by atoms with Gasteiger partial charge in [-0.25, -0.2) is 13.6 Å². The van der Waals surface area contributed by atoms with Crippen molar-refractivity contribution in [2.45, 2.75) is 31.8 Å². The van der Waals surface area contributed by atoms with Crippen LogP contribution in [0.25, 0.3) is 10.2 Å². The Hall–Kier alpha value is -2.83. The number of aryl methyl sites for hydroxylation is 1. The van der Waals surface area contributed by atoms with Crippen LogP contribution in [0.1, 0.15) is 24.3 Å². The number of benzene rings is 1. The minimum absolute atomic E-state index is 0.0727. The van der Waals surface area contributed by atoms with Crippen LogP contribution in [0.2, 0.25) is 0 Å². The maximum atomic E-state index is 12.7. The van der Waals surface area contributed by atoms with Gasteiger partial charge in [-0.15, -0.1) is 0 Å². The molecule has 1 aromatic carbocycles. The van der Waals surface area contributed by atoms with Crippen LogP contribution < -0.4 is 9.94 Å². The summed E-state index contributed by atoms with van der Waals surface area (Å²) in [5.41, 5.74) is 0.837. The Bertz CT molecular complexity index is 1250. The lowest BCUT2D eigenvalue weighted by Gasteiger charge is -2.05. The lowest BCUT2D eigenvalue weighted by Crippen LogP contribution is -2.23. The highest BCUT2D eigenvalue weighted by atomic mass is 32.2. The molecule has 0 radical (unpaired) electrons. The van der Waals surface area contributed by atoms with Gasteiger partial charge in [-0.3, -0.25) is 14.3 Å². The first-order valence-corrected chi connectivity index (χ1v) is 11.0. The minimum Gasteiger partial charge on any atom is -0.465 e. The molecule has 154 valence electrons. The third kappa shape index (κ3) is 4.44. The Kier molecular flexibility index (Phi) is 5.96. The minimum atomic E-state index is -3.90. The Morgan fingerprint density at radius 3 is 2.69 bits per heavy atom. The van der Waals surface area contributed by atoms with E-state index in [-0.39, 0.29) is 22.8 Å². The van der Waals surface area contributed by atoms with Crippen molar-refractivity contribution in [1.82, 2.24) is 14.3 Å². The van der Waals surface area contributed by atoms with Crippen LogP contribution >= 0.6 is 11.3 Å². The number of hydrogen-bond acceptors (Lipinski definition) is 7. The molecular formula is C17H19N5O5S2. The fraction of sp³-hybridized carbons (Fsp3) is 0.294. The molecule has 0 unspecified atom stereocenters. The first kappa shape index (κ1) is 20.9. The van der Waals surface area contributed by atoms with Crippen LogP contribution in [-0.4, -0.2) is 41.2 Å². The Morgan fingerprint density at radius 2 is 2.03 bits per heavy atom. The highest BCUT2D eigenvalue weighted by molar-refractivity contribution is 7.89. The number of hydrogen-bond donors (Lipinski definition) is 1. The third-order valence-corrected chi connectivity index (χ3v) is 5.96. The van der Waals surface area contributed by atoms with E-state index in [1.165, 1.54) is 33.6 Å². The SMILES string of the molecule is CCOC(=O)Cn1c(=NC(=O)c2ccnn2CC)sc2cc(S(N)(=O)=O)ccc21.